The summed E-state index contributed by atoms with van der Waals surface area (Å²) < 4.78 is 13.0. The Balaban J connectivity index is 0.753. The van der Waals surface area contributed by atoms with Crippen molar-refractivity contribution in [3.63, 3.8) is 0 Å². The van der Waals surface area contributed by atoms with Crippen LogP contribution in [0.3, 0.4) is 0 Å². The second-order valence-corrected chi connectivity index (χ2v) is 18.5. The highest BCUT2D eigenvalue weighted by molar-refractivity contribution is 7.13. The van der Waals surface area contributed by atoms with E-state index < -0.39 is 35.4 Å². The molecular weight excluding hydrogens is 847 g/mol. The molecule has 2 saturated heterocycles. The topological polar surface area (TPSA) is 196 Å². The fourth-order valence-corrected chi connectivity index (χ4v) is 9.16. The van der Waals surface area contributed by atoms with Crippen molar-refractivity contribution < 1.29 is 28.6 Å². The van der Waals surface area contributed by atoms with Gasteiger partial charge >= 0.3 is 0 Å². The van der Waals surface area contributed by atoms with Crippen molar-refractivity contribution in [3.05, 3.63) is 102 Å². The Kier molecular flexibility index (Phi) is 14.2. The number of aromatic nitrogens is 5. The van der Waals surface area contributed by atoms with E-state index in [4.69, 9.17) is 9.15 Å². The number of anilines is 2. The number of aliphatic hydroxyl groups is 1. The number of hydrogen-bond acceptors (Lipinski definition) is 14. The maximum Gasteiger partial charge on any atom is 0.246 e. The largest absolute Gasteiger partial charge is 0.467 e. The molecule has 0 unspecified atom stereocenters. The smallest absolute Gasteiger partial charge is 0.246 e. The lowest BCUT2D eigenvalue weighted by Gasteiger charge is -2.36. The summed E-state index contributed by atoms with van der Waals surface area (Å²) in [5.74, 6) is 0.267. The molecule has 3 atom stereocenters. The number of benzene rings is 2. The predicted octanol–water partition coefficient (Wildman–Crippen LogP) is 4.77. The zero-order chi connectivity index (χ0) is 45.5. The number of β-amino-alcohol motifs (C(OH)–C–C–N with tert-alkyl or cyclic N) is 1. The predicted molar refractivity (Wildman–Crippen MR) is 248 cm³/mol. The average Bonchev–Trinajstić information content (AvgIpc) is 4.15. The number of piperazine rings is 1. The van der Waals surface area contributed by atoms with Crippen molar-refractivity contribution in [2.45, 2.75) is 71.8 Å². The Morgan fingerprint density at radius 2 is 1.75 bits per heavy atom. The van der Waals surface area contributed by atoms with Gasteiger partial charge in [-0.25, -0.2) is 9.97 Å². The van der Waals surface area contributed by atoms with E-state index in [9.17, 15) is 19.5 Å². The monoisotopic (exact) mass is 903 g/mol. The zero-order valence-electron chi connectivity index (χ0n) is 37.3. The highest BCUT2D eigenvalue weighted by Gasteiger charge is 2.44. The summed E-state index contributed by atoms with van der Waals surface area (Å²) in [6, 6.07) is 18.3. The van der Waals surface area contributed by atoms with Crippen molar-refractivity contribution in [2.75, 3.05) is 62.7 Å². The van der Waals surface area contributed by atoms with Crippen LogP contribution >= 0.6 is 11.3 Å². The van der Waals surface area contributed by atoms with Crippen LogP contribution < -0.4 is 20.9 Å². The first kappa shape index (κ1) is 45.4. The van der Waals surface area contributed by atoms with Crippen LogP contribution in [0.4, 0.5) is 11.6 Å². The normalized spacial score (nSPS) is 17.4. The van der Waals surface area contributed by atoms with Gasteiger partial charge in [0.25, 0.3) is 0 Å². The number of nitrogens with zero attached hydrogens (tertiary/aromatic N) is 8. The second kappa shape index (κ2) is 20.3. The summed E-state index contributed by atoms with van der Waals surface area (Å²) in [5, 5.41) is 28.2. The summed E-state index contributed by atoms with van der Waals surface area (Å²) in [4.78, 5) is 56.9. The average molecular weight is 904 g/mol. The molecule has 6 heterocycles. The maximum absolute atomic E-state index is 14.0. The lowest BCUT2D eigenvalue weighted by Crippen LogP contribution is -2.58. The Morgan fingerprint density at radius 3 is 2.46 bits per heavy atom. The molecule has 6 aromatic rings. The van der Waals surface area contributed by atoms with Crippen LogP contribution in [0.2, 0.25) is 0 Å². The van der Waals surface area contributed by atoms with Crippen molar-refractivity contribution in [3.8, 4) is 21.6 Å². The van der Waals surface area contributed by atoms with Crippen molar-refractivity contribution >= 4 is 46.3 Å². The van der Waals surface area contributed by atoms with E-state index in [2.05, 4.69) is 70.2 Å². The van der Waals surface area contributed by atoms with Gasteiger partial charge in [-0.1, -0.05) is 57.2 Å². The third kappa shape index (κ3) is 11.0. The first-order valence-corrected chi connectivity index (χ1v) is 22.9. The van der Waals surface area contributed by atoms with Crippen LogP contribution in [0.5, 0.6) is 0 Å². The first-order chi connectivity index (χ1) is 31.4. The van der Waals surface area contributed by atoms with E-state index >= 15 is 0 Å². The van der Waals surface area contributed by atoms with Gasteiger partial charge in [-0.2, -0.15) is 0 Å². The molecule has 2 fully saturated rings. The van der Waals surface area contributed by atoms with Gasteiger partial charge in [-0.3, -0.25) is 23.7 Å². The Hall–Kier alpha value is -6.21. The van der Waals surface area contributed by atoms with Gasteiger partial charge in [-0.05, 0) is 59.7 Å². The van der Waals surface area contributed by atoms with Crippen molar-refractivity contribution in [2.24, 2.45) is 5.41 Å². The van der Waals surface area contributed by atoms with Gasteiger partial charge in [0.15, 0.2) is 5.65 Å². The summed E-state index contributed by atoms with van der Waals surface area (Å²) in [6.45, 7) is 13.0. The second-order valence-electron chi connectivity index (χ2n) is 17.7. The number of carbonyl (C=O) groups is 3. The third-order valence-electron chi connectivity index (χ3n) is 12.0. The minimum absolute atomic E-state index is 0.00715. The summed E-state index contributed by atoms with van der Waals surface area (Å²) >= 11 is 1.58. The molecule has 0 bridgehead atoms. The third-order valence-corrected chi connectivity index (χ3v) is 12.9. The minimum atomic E-state index is -0.927. The number of carbonyl (C=O) groups excluding carboxylic acids is 3. The van der Waals surface area contributed by atoms with E-state index in [-0.39, 0.29) is 32.0 Å². The number of rotatable bonds is 17. The molecule has 18 heteroatoms. The quantitative estimate of drug-likeness (QED) is 0.0916. The van der Waals surface area contributed by atoms with E-state index in [1.165, 1.54) is 4.90 Å². The number of fused-ring (bicyclic) bond motifs is 1. The molecule has 2 aromatic carbocycles. The molecule has 0 radical (unpaired) electrons. The van der Waals surface area contributed by atoms with E-state index in [0.29, 0.717) is 24.7 Å². The molecule has 0 saturated carbocycles. The molecular formula is C47H57N11O6S. The lowest BCUT2D eigenvalue weighted by molar-refractivity contribution is -0.144. The number of nitrogens with one attached hydrogen (secondary N) is 3. The summed E-state index contributed by atoms with van der Waals surface area (Å²) in [7, 11) is 0. The summed E-state index contributed by atoms with van der Waals surface area (Å²) in [5.41, 5.74) is 7.84. The number of amides is 3. The van der Waals surface area contributed by atoms with Crippen LogP contribution in [0.1, 0.15) is 50.6 Å². The van der Waals surface area contributed by atoms with E-state index in [1.807, 2.05) is 80.2 Å². The van der Waals surface area contributed by atoms with Crippen LogP contribution in [0.15, 0.2) is 89.4 Å². The minimum Gasteiger partial charge on any atom is -0.467 e. The molecule has 342 valence electrons. The van der Waals surface area contributed by atoms with Gasteiger partial charge in [0.2, 0.25) is 23.7 Å². The van der Waals surface area contributed by atoms with E-state index in [0.717, 1.165) is 83.4 Å². The number of ether oxygens (including phenoxy) is 1. The Morgan fingerprint density at radius 1 is 0.985 bits per heavy atom. The van der Waals surface area contributed by atoms with Crippen LogP contribution in [0, 0.1) is 12.3 Å². The maximum atomic E-state index is 14.0. The SMILES string of the molecule is Cc1ncsc1-c1ccc(CNC(=O)[C@@H]2C[C@@H](O)CN2C(=O)[C@@H](NC(=O)COCCCN2CCN(c3ccc(-c4cnc(NCc5ccco5)n5cnnc45)cc3)CC2)C(C)(C)C)cc1. The Bertz CT molecular complexity index is 2530. The molecule has 2 aliphatic heterocycles. The highest BCUT2D eigenvalue weighted by Crippen LogP contribution is 2.30. The molecule has 2 aliphatic rings. The molecule has 0 aliphatic carbocycles. The fourth-order valence-electron chi connectivity index (χ4n) is 8.35. The molecule has 3 amide bonds. The van der Waals surface area contributed by atoms with Crippen molar-refractivity contribution in [1.82, 2.24) is 45.0 Å². The standard InChI is InChI=1S/C47H57N11O6S/c1-31-41(65-30-51-31)34-10-8-32(9-11-34)24-48-44(61)39-23-36(59)27-57(39)45(62)42(47(2,3)4)53-40(60)28-63-21-6-16-55-17-19-56(20-18-55)35-14-12-33(13-15-35)38-26-50-46(58-29-52-54-43(38)58)49-25-37-7-5-22-64-37/h5,7-15,22,26,29-30,36,39,42,59H,6,16-21,23-25,27-28H2,1-4H3,(H,48,61)(H,49,50)(H,53,60)/t36-,39+,42-/m1/s1. The molecule has 17 nitrogen and oxygen atoms in total. The molecule has 65 heavy (non-hydrogen) atoms. The summed E-state index contributed by atoms with van der Waals surface area (Å²) in [6.07, 6.45) is 5.13. The zero-order valence-corrected chi connectivity index (χ0v) is 38.1. The van der Waals surface area contributed by atoms with Crippen LogP contribution in [-0.4, -0.2) is 128 Å². The van der Waals surface area contributed by atoms with E-state index in [1.54, 1.807) is 23.9 Å². The number of aryl methyl sites for hydroxylation is 1. The number of hydrogen-bond donors (Lipinski definition) is 4. The van der Waals surface area contributed by atoms with Crippen LogP contribution in [-0.2, 0) is 32.2 Å². The van der Waals surface area contributed by atoms with Gasteiger partial charge in [0.05, 0.1) is 35.0 Å². The molecule has 4 N–H and O–H groups in total. The van der Waals surface area contributed by atoms with Crippen molar-refractivity contribution in [1.29, 1.82) is 0 Å². The highest BCUT2D eigenvalue weighted by atomic mass is 32.1. The van der Waals surface area contributed by atoms with Crippen LogP contribution in [0.25, 0.3) is 27.2 Å². The molecule has 0 spiro atoms. The fraction of sp³-hybridized carbons (Fsp3) is 0.426. The lowest BCUT2D eigenvalue weighted by atomic mass is 9.85. The first-order valence-electron chi connectivity index (χ1n) is 22.1. The number of aliphatic hydroxyl groups excluding tert-OH is 1. The number of thiazole rings is 1. The number of likely N-dealkylation sites (tertiary alicyclic amines) is 1. The van der Waals surface area contributed by atoms with Gasteiger partial charge < -0.3 is 40.0 Å². The van der Waals surface area contributed by atoms with Gasteiger partial charge in [0.1, 0.15) is 30.8 Å². The molecule has 8 rings (SSSR count). The number of furan rings is 1. The van der Waals surface area contributed by atoms with Gasteiger partial charge in [0, 0.05) is 76.3 Å². The Labute approximate surface area is 382 Å². The molecule has 4 aromatic heterocycles. The van der Waals surface area contributed by atoms with Gasteiger partial charge in [-0.15, -0.1) is 21.5 Å².